The van der Waals surface area contributed by atoms with Crippen molar-refractivity contribution in [3.05, 3.63) is 17.6 Å². The predicted octanol–water partition coefficient (Wildman–Crippen LogP) is 3.17. The molecule has 0 aliphatic carbocycles. The fourth-order valence-electron chi connectivity index (χ4n) is 1.04. The van der Waals surface area contributed by atoms with E-state index in [0.29, 0.717) is 11.8 Å². The molecule has 15 heavy (non-hydrogen) atoms. The zero-order chi connectivity index (χ0) is 11.4. The minimum atomic E-state index is -0.806. The summed E-state index contributed by atoms with van der Waals surface area (Å²) in [5.74, 6) is 1.75. The van der Waals surface area contributed by atoms with Gasteiger partial charge in [0.05, 0.1) is 0 Å². The highest BCUT2D eigenvalue weighted by Crippen LogP contribution is 2.26. The Kier molecular flexibility index (Phi) is 4.55. The van der Waals surface area contributed by atoms with Gasteiger partial charge in [-0.25, -0.2) is 4.98 Å². The third kappa shape index (κ3) is 3.80. The van der Waals surface area contributed by atoms with E-state index in [1.54, 1.807) is 0 Å². The van der Waals surface area contributed by atoms with Crippen LogP contribution in [0.1, 0.15) is 38.2 Å². The monoisotopic (exact) mass is 243 g/mol. The first kappa shape index (κ1) is 12.5. The van der Waals surface area contributed by atoms with Crippen LogP contribution < -0.4 is 4.52 Å². The SMILES string of the molecule is CC[P+](=S)Oc1cc(C)nc(C(C)C)n1. The Balaban J connectivity index is 2.93. The van der Waals surface area contributed by atoms with Crippen molar-refractivity contribution in [3.63, 3.8) is 0 Å². The molecule has 0 bridgehead atoms. The second kappa shape index (κ2) is 5.47. The molecular weight excluding hydrogens is 227 g/mol. The first-order chi connectivity index (χ1) is 7.02. The van der Waals surface area contributed by atoms with Crippen LogP contribution in [0.4, 0.5) is 0 Å². The largest absolute Gasteiger partial charge is 0.389 e. The van der Waals surface area contributed by atoms with Crippen molar-refractivity contribution in [2.75, 3.05) is 6.16 Å². The fourth-order valence-corrected chi connectivity index (χ4v) is 1.70. The van der Waals surface area contributed by atoms with Gasteiger partial charge < -0.3 is 0 Å². The second-order valence-corrected chi connectivity index (χ2v) is 6.30. The van der Waals surface area contributed by atoms with E-state index >= 15 is 0 Å². The van der Waals surface area contributed by atoms with Gasteiger partial charge in [-0.1, -0.05) is 13.8 Å². The maximum Gasteiger partial charge on any atom is 0.389 e. The summed E-state index contributed by atoms with van der Waals surface area (Å²) in [6.07, 6.45) is 0.866. The normalized spacial score (nSPS) is 11.7. The van der Waals surface area contributed by atoms with Crippen LogP contribution >= 0.6 is 6.92 Å². The van der Waals surface area contributed by atoms with Gasteiger partial charge in [-0.2, -0.15) is 4.98 Å². The zero-order valence-electron chi connectivity index (χ0n) is 9.52. The Morgan fingerprint density at radius 2 is 2.13 bits per heavy atom. The molecule has 1 aromatic rings. The summed E-state index contributed by atoms with van der Waals surface area (Å²) in [4.78, 5) is 8.69. The van der Waals surface area contributed by atoms with E-state index in [1.807, 2.05) is 19.9 Å². The summed E-state index contributed by atoms with van der Waals surface area (Å²) in [5, 5.41) is 0. The lowest BCUT2D eigenvalue weighted by molar-refractivity contribution is 0.582. The van der Waals surface area contributed by atoms with Crippen LogP contribution in [0.5, 0.6) is 5.88 Å². The van der Waals surface area contributed by atoms with E-state index in [9.17, 15) is 0 Å². The fraction of sp³-hybridized carbons (Fsp3) is 0.600. The molecule has 1 aromatic heterocycles. The highest BCUT2D eigenvalue weighted by atomic mass is 32.4. The summed E-state index contributed by atoms with van der Waals surface area (Å²) in [6.45, 7) is 7.29. The molecule has 0 saturated carbocycles. The molecule has 5 heteroatoms. The Morgan fingerprint density at radius 3 is 2.67 bits per heavy atom. The maximum atomic E-state index is 5.56. The van der Waals surface area contributed by atoms with Crippen molar-refractivity contribution in [1.82, 2.24) is 9.97 Å². The van der Waals surface area contributed by atoms with Crippen molar-refractivity contribution in [2.45, 2.75) is 33.6 Å². The molecule has 0 spiro atoms. The van der Waals surface area contributed by atoms with Crippen molar-refractivity contribution in [2.24, 2.45) is 0 Å². The maximum absolute atomic E-state index is 5.56. The molecule has 0 radical (unpaired) electrons. The lowest BCUT2D eigenvalue weighted by atomic mass is 10.2. The van der Waals surface area contributed by atoms with E-state index < -0.39 is 6.92 Å². The van der Waals surface area contributed by atoms with Crippen LogP contribution in [-0.2, 0) is 11.8 Å². The standard InChI is InChI=1S/C10H16N2OPS/c1-5-14(15)13-9-6-8(4)11-10(12-9)7(2)3/h6-7H,5H2,1-4H3/q+1. The van der Waals surface area contributed by atoms with Crippen LogP contribution in [0.25, 0.3) is 0 Å². The van der Waals surface area contributed by atoms with E-state index in [4.69, 9.17) is 16.3 Å². The number of aryl methyl sites for hydroxylation is 1. The number of hydrogen-bond acceptors (Lipinski definition) is 4. The van der Waals surface area contributed by atoms with Gasteiger partial charge in [-0.15, -0.1) is 0 Å². The molecule has 0 aliphatic rings. The zero-order valence-corrected chi connectivity index (χ0v) is 11.2. The van der Waals surface area contributed by atoms with Crippen LogP contribution in [0.3, 0.4) is 0 Å². The van der Waals surface area contributed by atoms with Crippen molar-refractivity contribution in [3.8, 4) is 5.88 Å². The Labute approximate surface area is 96.8 Å². The van der Waals surface area contributed by atoms with Crippen LogP contribution in [0, 0.1) is 6.92 Å². The van der Waals surface area contributed by atoms with Gasteiger partial charge in [-0.05, 0) is 13.8 Å². The Bertz CT molecular complexity index is 368. The summed E-state index contributed by atoms with van der Waals surface area (Å²) in [5.41, 5.74) is 0.929. The van der Waals surface area contributed by atoms with Crippen LogP contribution in [-0.4, -0.2) is 16.1 Å². The number of hydrogen-bond donors (Lipinski definition) is 0. The van der Waals surface area contributed by atoms with Gasteiger partial charge in [0.25, 0.3) is 5.88 Å². The first-order valence-corrected chi connectivity index (χ1v) is 7.47. The molecule has 0 N–H and O–H groups in total. The summed E-state index contributed by atoms with van der Waals surface area (Å²) < 4.78 is 5.56. The van der Waals surface area contributed by atoms with Crippen LogP contribution in [0.15, 0.2) is 6.07 Å². The predicted molar refractivity (Wildman–Crippen MR) is 66.3 cm³/mol. The average molecular weight is 243 g/mol. The molecule has 82 valence electrons. The van der Waals surface area contributed by atoms with E-state index in [-0.39, 0.29) is 0 Å². The van der Waals surface area contributed by atoms with E-state index in [1.165, 1.54) is 0 Å². The third-order valence-corrected chi connectivity index (χ3v) is 3.72. The van der Waals surface area contributed by atoms with Crippen molar-refractivity contribution in [1.29, 1.82) is 0 Å². The molecule has 1 heterocycles. The lowest BCUT2D eigenvalue weighted by Gasteiger charge is -2.04. The van der Waals surface area contributed by atoms with Crippen molar-refractivity contribution < 1.29 is 4.52 Å². The van der Waals surface area contributed by atoms with E-state index in [0.717, 1.165) is 17.7 Å². The summed E-state index contributed by atoms with van der Waals surface area (Å²) in [6, 6.07) is 1.84. The lowest BCUT2D eigenvalue weighted by Crippen LogP contribution is -2.00. The summed E-state index contributed by atoms with van der Waals surface area (Å²) in [7, 11) is 0. The number of aromatic nitrogens is 2. The molecule has 0 saturated heterocycles. The smallest absolute Gasteiger partial charge is 0.257 e. The molecule has 1 unspecified atom stereocenters. The highest BCUT2D eigenvalue weighted by molar-refractivity contribution is 8.03. The van der Waals surface area contributed by atoms with Gasteiger partial charge in [0, 0.05) is 17.7 Å². The molecular formula is C10H16N2OPS+. The molecule has 1 rings (SSSR count). The molecule has 0 amide bonds. The molecule has 0 aliphatic heterocycles. The van der Waals surface area contributed by atoms with E-state index in [2.05, 4.69) is 23.8 Å². The average Bonchev–Trinajstić information content (AvgIpc) is 2.16. The Hall–Kier alpha value is -0.600. The van der Waals surface area contributed by atoms with Gasteiger partial charge in [0.1, 0.15) is 5.82 Å². The molecule has 3 nitrogen and oxygen atoms in total. The molecule has 0 aromatic carbocycles. The van der Waals surface area contributed by atoms with Crippen molar-refractivity contribution >= 4 is 18.7 Å². The highest BCUT2D eigenvalue weighted by Gasteiger charge is 2.14. The molecule has 0 fully saturated rings. The van der Waals surface area contributed by atoms with Gasteiger partial charge in [0.15, 0.2) is 6.16 Å². The van der Waals surface area contributed by atoms with Gasteiger partial charge >= 0.3 is 6.92 Å². The quantitative estimate of drug-likeness (QED) is 0.761. The van der Waals surface area contributed by atoms with Gasteiger partial charge in [-0.3, -0.25) is 4.52 Å². The number of nitrogens with zero attached hydrogens (tertiary/aromatic N) is 2. The minimum absolute atomic E-state index is 0.310. The third-order valence-electron chi connectivity index (χ3n) is 1.82. The minimum Gasteiger partial charge on any atom is -0.257 e. The second-order valence-electron chi connectivity index (χ2n) is 3.60. The molecule has 1 atom stereocenters. The number of rotatable bonds is 4. The Morgan fingerprint density at radius 1 is 1.47 bits per heavy atom. The summed E-state index contributed by atoms with van der Waals surface area (Å²) >= 11 is 5.16. The van der Waals surface area contributed by atoms with Crippen LogP contribution in [0.2, 0.25) is 0 Å². The van der Waals surface area contributed by atoms with Gasteiger partial charge in [0.2, 0.25) is 11.8 Å². The topological polar surface area (TPSA) is 35.0 Å². The first-order valence-electron chi connectivity index (χ1n) is 5.01.